The Balaban J connectivity index is 1.75. The van der Waals surface area contributed by atoms with Crippen molar-refractivity contribution in [1.82, 2.24) is 5.32 Å². The summed E-state index contributed by atoms with van der Waals surface area (Å²) in [6.45, 7) is 10.7. The fourth-order valence-corrected chi connectivity index (χ4v) is 4.95. The first-order valence-corrected chi connectivity index (χ1v) is 12.7. The van der Waals surface area contributed by atoms with Crippen LogP contribution in [0.3, 0.4) is 0 Å². The second kappa shape index (κ2) is 10.1. The lowest BCUT2D eigenvalue weighted by atomic mass is 9.70. The van der Waals surface area contributed by atoms with Gasteiger partial charge in [0.05, 0.1) is 24.9 Å². The number of Topliss-reactive ketones (excluding diaryl/α,β-unsaturated/α-hetero) is 2. The molecule has 0 radical (unpaired) electrons. The Labute approximate surface area is 227 Å². The van der Waals surface area contributed by atoms with Crippen LogP contribution in [0.15, 0.2) is 41.3 Å². The molecular weight excluding hydrogens is 502 g/mol. The normalized spacial score (nSPS) is 19.2. The molecule has 0 saturated carbocycles. The molecule has 1 aliphatic carbocycles. The highest BCUT2D eigenvalue weighted by molar-refractivity contribution is 6.31. The van der Waals surface area contributed by atoms with Crippen molar-refractivity contribution in [2.75, 3.05) is 13.7 Å². The molecule has 0 aromatic heterocycles. The Morgan fingerprint density at radius 1 is 1.15 bits per heavy atom. The number of hydrogen-bond donors (Lipinski definition) is 3. The van der Waals surface area contributed by atoms with E-state index in [9.17, 15) is 24.6 Å². The number of hydrogen-bond acceptors (Lipinski definition) is 9. The average Bonchev–Trinajstić information content (AvgIpc) is 3.17. The van der Waals surface area contributed by atoms with Crippen LogP contribution in [-0.2, 0) is 21.5 Å². The largest absolute Gasteiger partial charge is 0.507 e. The van der Waals surface area contributed by atoms with Crippen LogP contribution in [0.25, 0.3) is 0 Å². The van der Waals surface area contributed by atoms with Gasteiger partial charge in [-0.3, -0.25) is 14.4 Å². The number of benzene rings is 2. The third-order valence-corrected chi connectivity index (χ3v) is 7.15. The summed E-state index contributed by atoms with van der Waals surface area (Å²) in [5, 5.41) is 24.7. The van der Waals surface area contributed by atoms with Crippen LogP contribution < -0.4 is 19.5 Å². The van der Waals surface area contributed by atoms with Gasteiger partial charge in [-0.2, -0.15) is 0 Å². The predicted octanol–water partition coefficient (Wildman–Crippen LogP) is 4.40. The van der Waals surface area contributed by atoms with Crippen molar-refractivity contribution in [2.24, 2.45) is 5.92 Å². The van der Waals surface area contributed by atoms with Gasteiger partial charge in [0.25, 0.3) is 0 Å². The van der Waals surface area contributed by atoms with Crippen LogP contribution in [-0.4, -0.2) is 41.3 Å². The van der Waals surface area contributed by atoms with Gasteiger partial charge in [-0.15, -0.1) is 0 Å². The van der Waals surface area contributed by atoms with Crippen molar-refractivity contribution >= 4 is 17.3 Å². The van der Waals surface area contributed by atoms with Gasteiger partial charge in [-0.05, 0) is 39.7 Å². The van der Waals surface area contributed by atoms with E-state index in [4.69, 9.17) is 14.2 Å². The first kappa shape index (κ1) is 27.8. The first-order chi connectivity index (χ1) is 18.3. The molecule has 0 bridgehead atoms. The maximum Gasteiger partial charge on any atom is 0.194 e. The van der Waals surface area contributed by atoms with Gasteiger partial charge in [-0.25, -0.2) is 0 Å². The zero-order valence-electron chi connectivity index (χ0n) is 23.1. The number of ketones is 3. The van der Waals surface area contributed by atoms with Gasteiger partial charge in [-0.1, -0.05) is 26.0 Å². The van der Waals surface area contributed by atoms with Crippen LogP contribution in [0.4, 0.5) is 0 Å². The third-order valence-electron chi connectivity index (χ3n) is 7.15. The Morgan fingerprint density at radius 3 is 2.46 bits per heavy atom. The molecule has 1 aliphatic heterocycles. The second-order valence-corrected chi connectivity index (χ2v) is 10.4. The predicted molar refractivity (Wildman–Crippen MR) is 143 cm³/mol. The number of fused-ring (bicyclic) bond motifs is 3. The molecule has 0 fully saturated rings. The minimum absolute atomic E-state index is 0.0102. The third kappa shape index (κ3) is 4.41. The topological polar surface area (TPSA) is 131 Å². The number of phenolic OH excluding ortho intramolecular Hbond substituents is 2. The summed E-state index contributed by atoms with van der Waals surface area (Å²) in [5.74, 6) is -1.15. The maximum atomic E-state index is 14.0. The van der Waals surface area contributed by atoms with Crippen LogP contribution in [0.5, 0.6) is 28.7 Å². The minimum atomic E-state index is -1.57. The lowest BCUT2D eigenvalue weighted by Gasteiger charge is -2.29. The monoisotopic (exact) mass is 535 g/mol. The van der Waals surface area contributed by atoms with Crippen molar-refractivity contribution in [3.8, 4) is 28.7 Å². The smallest absolute Gasteiger partial charge is 0.194 e. The number of nitrogens with one attached hydrogen (secondary N) is 1. The summed E-state index contributed by atoms with van der Waals surface area (Å²) < 4.78 is 17.3. The van der Waals surface area contributed by atoms with Crippen molar-refractivity contribution in [2.45, 2.75) is 53.5 Å². The highest BCUT2D eigenvalue weighted by atomic mass is 16.5. The lowest BCUT2D eigenvalue weighted by molar-refractivity contribution is -0.123. The number of para-hydroxylation sites is 1. The Bertz CT molecular complexity index is 1470. The van der Waals surface area contributed by atoms with Crippen LogP contribution in [0.2, 0.25) is 0 Å². The van der Waals surface area contributed by atoms with E-state index in [0.29, 0.717) is 29.7 Å². The van der Waals surface area contributed by atoms with E-state index < -0.39 is 28.5 Å². The van der Waals surface area contributed by atoms with Crippen LogP contribution >= 0.6 is 0 Å². The number of carbonyl (C=O) groups is 3. The molecule has 39 heavy (non-hydrogen) atoms. The number of phenols is 2. The van der Waals surface area contributed by atoms with Gasteiger partial charge in [0.15, 0.2) is 28.8 Å². The maximum absolute atomic E-state index is 14.0. The Kier molecular flexibility index (Phi) is 7.21. The molecule has 0 amide bonds. The summed E-state index contributed by atoms with van der Waals surface area (Å²) >= 11 is 0. The summed E-state index contributed by atoms with van der Waals surface area (Å²) in [5.41, 5.74) is -0.622. The van der Waals surface area contributed by atoms with E-state index in [2.05, 4.69) is 5.32 Å². The molecule has 4 rings (SSSR count). The van der Waals surface area contributed by atoms with Gasteiger partial charge in [0.1, 0.15) is 34.0 Å². The van der Waals surface area contributed by atoms with E-state index in [0.717, 1.165) is 5.56 Å². The van der Waals surface area contributed by atoms with Gasteiger partial charge in [0.2, 0.25) is 0 Å². The highest BCUT2D eigenvalue weighted by Gasteiger charge is 2.56. The second-order valence-electron chi connectivity index (χ2n) is 10.4. The number of ether oxygens (including phenoxy) is 3. The van der Waals surface area contributed by atoms with Gasteiger partial charge >= 0.3 is 0 Å². The van der Waals surface area contributed by atoms with E-state index in [1.54, 1.807) is 20.1 Å². The Hall–Kier alpha value is -4.27. The molecule has 206 valence electrons. The highest BCUT2D eigenvalue weighted by Crippen LogP contribution is 2.57. The molecule has 9 heteroatoms. The number of carbonyl (C=O) groups excluding carboxylic acids is 3. The molecule has 0 spiro atoms. The van der Waals surface area contributed by atoms with Gasteiger partial charge < -0.3 is 29.7 Å². The van der Waals surface area contributed by atoms with Crippen molar-refractivity contribution in [1.29, 1.82) is 0 Å². The van der Waals surface area contributed by atoms with Gasteiger partial charge in [0, 0.05) is 29.4 Å². The van der Waals surface area contributed by atoms with Crippen LogP contribution in [0, 0.1) is 12.8 Å². The molecule has 2 aromatic carbocycles. The lowest BCUT2D eigenvalue weighted by Crippen LogP contribution is -2.41. The van der Waals surface area contributed by atoms with E-state index in [-0.39, 0.29) is 46.1 Å². The molecule has 1 heterocycles. The van der Waals surface area contributed by atoms with Crippen molar-refractivity contribution in [3.63, 3.8) is 0 Å². The molecule has 0 unspecified atom stereocenters. The number of allylic oxidation sites excluding steroid dienone is 4. The van der Waals surface area contributed by atoms with Crippen molar-refractivity contribution < 1.29 is 38.8 Å². The summed E-state index contributed by atoms with van der Waals surface area (Å²) in [4.78, 5) is 39.5. The average molecular weight is 536 g/mol. The summed E-state index contributed by atoms with van der Waals surface area (Å²) in [6, 6.07) is 5.49. The first-order valence-electron chi connectivity index (χ1n) is 12.7. The quantitative estimate of drug-likeness (QED) is 0.256. The number of aromatic hydroxyl groups is 2. The zero-order valence-corrected chi connectivity index (χ0v) is 23.1. The number of methoxy groups -OCH3 is 1. The molecule has 0 saturated heterocycles. The minimum Gasteiger partial charge on any atom is -0.507 e. The standard InChI is InChI=1S/C30H33NO8/c1-14(2)13-38-27-18(9-8-10-20(27)37-7)12-31-16(4)22-19(33)11-21-30(6,29(22)36)24-26(35)15(3)25(34)23(17(5)32)28(24)39-21/h8-11,14,31,34-35H,12-13H2,1-7H3/t30-/m0/s1. The zero-order chi connectivity index (χ0) is 28.8. The molecular formula is C30H33NO8. The fourth-order valence-electron chi connectivity index (χ4n) is 4.95. The molecule has 3 N–H and O–H groups in total. The molecule has 9 nitrogen and oxygen atoms in total. The van der Waals surface area contributed by atoms with Crippen molar-refractivity contribution in [3.05, 3.63) is 63.6 Å². The fraction of sp³-hybridized carbons (Fsp3) is 0.367. The summed E-state index contributed by atoms with van der Waals surface area (Å²) in [7, 11) is 1.56. The summed E-state index contributed by atoms with van der Waals surface area (Å²) in [6.07, 6.45) is 1.19. The van der Waals surface area contributed by atoms with E-state index >= 15 is 0 Å². The number of rotatable bonds is 8. The van der Waals surface area contributed by atoms with Crippen LogP contribution in [0.1, 0.15) is 61.7 Å². The Morgan fingerprint density at radius 2 is 1.85 bits per heavy atom. The molecule has 2 aromatic rings. The van der Waals surface area contributed by atoms with E-state index in [1.165, 1.54) is 26.8 Å². The molecule has 2 aliphatic rings. The molecule has 1 atom stereocenters. The van der Waals surface area contributed by atoms with E-state index in [1.807, 2.05) is 26.0 Å². The SMILES string of the molecule is COc1cccc(CNC(C)=C2C(=O)C=C3Oc4c(C(C)=O)c(O)c(C)c(O)c4[C@@]3(C)C2=O)c1OCC(C)C.